The first-order chi connectivity index (χ1) is 12.4. The maximum atomic E-state index is 12.4. The largest absolute Gasteiger partial charge is 0.348 e. The average Bonchev–Trinajstić information content (AvgIpc) is 2.62. The van der Waals surface area contributed by atoms with Crippen LogP contribution in [0.2, 0.25) is 0 Å². The van der Waals surface area contributed by atoms with Gasteiger partial charge in [-0.3, -0.25) is 19.4 Å². The lowest BCUT2D eigenvalue weighted by atomic mass is 10.2. The van der Waals surface area contributed by atoms with Crippen LogP contribution >= 0.6 is 0 Å². The zero-order valence-electron chi connectivity index (χ0n) is 15.0. The Hall–Kier alpha value is -3.22. The number of aromatic nitrogens is 1. The predicted octanol–water partition coefficient (Wildman–Crippen LogP) is 2.82. The van der Waals surface area contributed by atoms with Gasteiger partial charge in [0.1, 0.15) is 5.69 Å². The molecule has 1 unspecified atom stereocenters. The maximum Gasteiger partial charge on any atom is 0.270 e. The molecule has 2 aromatic rings. The Kier molecular flexibility index (Phi) is 6.43. The van der Waals surface area contributed by atoms with Gasteiger partial charge in [0.2, 0.25) is 5.91 Å². The van der Waals surface area contributed by atoms with Crippen LogP contribution in [0.4, 0.5) is 11.4 Å². The van der Waals surface area contributed by atoms with E-state index in [0.29, 0.717) is 16.9 Å². The molecule has 26 heavy (non-hydrogen) atoms. The van der Waals surface area contributed by atoms with Gasteiger partial charge in [0.05, 0.1) is 0 Å². The summed E-state index contributed by atoms with van der Waals surface area (Å²) in [5.41, 5.74) is 1.74. The molecule has 7 nitrogen and oxygen atoms in total. The van der Waals surface area contributed by atoms with Gasteiger partial charge >= 0.3 is 0 Å². The number of carbonyl (C=O) groups excluding carboxylic acids is 3. The molecule has 0 aliphatic rings. The lowest BCUT2D eigenvalue weighted by Crippen LogP contribution is -2.32. The summed E-state index contributed by atoms with van der Waals surface area (Å²) in [5.74, 6) is -0.826. The highest BCUT2D eigenvalue weighted by atomic mass is 16.2. The Morgan fingerprint density at radius 3 is 2.19 bits per heavy atom. The second-order valence-corrected chi connectivity index (χ2v) is 5.93. The van der Waals surface area contributed by atoms with Crippen molar-refractivity contribution >= 4 is 29.1 Å². The van der Waals surface area contributed by atoms with Gasteiger partial charge in [0, 0.05) is 36.1 Å². The van der Waals surface area contributed by atoms with Crippen molar-refractivity contribution in [3.63, 3.8) is 0 Å². The molecule has 0 fully saturated rings. The number of hydrogen-bond donors (Lipinski definition) is 3. The smallest absolute Gasteiger partial charge is 0.270 e. The van der Waals surface area contributed by atoms with Crippen LogP contribution in [0.3, 0.4) is 0 Å². The zero-order chi connectivity index (χ0) is 19.1. The van der Waals surface area contributed by atoms with Crippen molar-refractivity contribution in [1.29, 1.82) is 0 Å². The SMILES string of the molecule is CCC(C)NC(=O)c1cc(C(=O)Nc2ccc(NC(C)=O)cc2)ccn1. The van der Waals surface area contributed by atoms with E-state index < -0.39 is 0 Å². The fourth-order valence-corrected chi connectivity index (χ4v) is 2.14. The van der Waals surface area contributed by atoms with Crippen LogP contribution in [0, 0.1) is 0 Å². The van der Waals surface area contributed by atoms with Crippen LogP contribution in [-0.4, -0.2) is 28.7 Å². The quantitative estimate of drug-likeness (QED) is 0.742. The van der Waals surface area contributed by atoms with Crippen LogP contribution in [0.25, 0.3) is 0 Å². The van der Waals surface area contributed by atoms with Crippen molar-refractivity contribution in [2.45, 2.75) is 33.2 Å². The standard InChI is InChI=1S/C19H22N4O3/c1-4-12(2)21-19(26)17-11-14(9-10-20-17)18(25)23-16-7-5-15(6-8-16)22-13(3)24/h5-12H,4H2,1-3H3,(H,21,26)(H,22,24)(H,23,25). The average molecular weight is 354 g/mol. The second kappa shape index (κ2) is 8.75. The summed E-state index contributed by atoms with van der Waals surface area (Å²) in [4.78, 5) is 39.6. The molecule has 2 rings (SSSR count). The predicted molar refractivity (Wildman–Crippen MR) is 100 cm³/mol. The van der Waals surface area contributed by atoms with Gasteiger partial charge in [-0.1, -0.05) is 6.92 Å². The molecule has 0 bridgehead atoms. The Morgan fingerprint density at radius 1 is 1.00 bits per heavy atom. The van der Waals surface area contributed by atoms with Crippen LogP contribution < -0.4 is 16.0 Å². The summed E-state index contributed by atoms with van der Waals surface area (Å²) in [6, 6.07) is 9.77. The van der Waals surface area contributed by atoms with Gasteiger partial charge in [0.15, 0.2) is 0 Å². The van der Waals surface area contributed by atoms with E-state index in [1.54, 1.807) is 30.3 Å². The number of pyridine rings is 1. The van der Waals surface area contributed by atoms with E-state index in [9.17, 15) is 14.4 Å². The first-order valence-electron chi connectivity index (χ1n) is 8.35. The summed E-state index contributed by atoms with van der Waals surface area (Å²) in [6.45, 7) is 5.30. The van der Waals surface area contributed by atoms with Crippen LogP contribution in [-0.2, 0) is 4.79 Å². The minimum Gasteiger partial charge on any atom is -0.348 e. The zero-order valence-corrected chi connectivity index (χ0v) is 15.0. The molecular weight excluding hydrogens is 332 g/mol. The van der Waals surface area contributed by atoms with Gasteiger partial charge in [-0.25, -0.2) is 0 Å². The van der Waals surface area contributed by atoms with Crippen molar-refractivity contribution in [2.24, 2.45) is 0 Å². The fraction of sp³-hybridized carbons (Fsp3) is 0.263. The molecule has 0 radical (unpaired) electrons. The second-order valence-electron chi connectivity index (χ2n) is 5.93. The third-order valence-corrected chi connectivity index (χ3v) is 3.71. The molecule has 136 valence electrons. The third-order valence-electron chi connectivity index (χ3n) is 3.71. The highest BCUT2D eigenvalue weighted by Gasteiger charge is 2.13. The van der Waals surface area contributed by atoms with E-state index in [1.807, 2.05) is 13.8 Å². The molecule has 1 aromatic carbocycles. The van der Waals surface area contributed by atoms with Crippen LogP contribution in [0.5, 0.6) is 0 Å². The Morgan fingerprint density at radius 2 is 1.62 bits per heavy atom. The molecule has 7 heteroatoms. The Labute approximate surface area is 152 Å². The molecule has 0 spiro atoms. The molecule has 0 aliphatic carbocycles. The summed E-state index contributed by atoms with van der Waals surface area (Å²) in [5, 5.41) is 8.21. The summed E-state index contributed by atoms with van der Waals surface area (Å²) in [7, 11) is 0. The van der Waals surface area contributed by atoms with E-state index in [-0.39, 0.29) is 29.5 Å². The number of nitrogens with zero attached hydrogens (tertiary/aromatic N) is 1. The molecule has 0 saturated heterocycles. The van der Waals surface area contributed by atoms with Crippen LogP contribution in [0.1, 0.15) is 48.0 Å². The minimum atomic E-state index is -0.350. The Bertz CT molecular complexity index is 803. The fourth-order valence-electron chi connectivity index (χ4n) is 2.14. The molecular formula is C19H22N4O3. The van der Waals surface area contributed by atoms with Crippen molar-refractivity contribution in [3.05, 3.63) is 53.9 Å². The van der Waals surface area contributed by atoms with Crippen molar-refractivity contribution in [2.75, 3.05) is 10.6 Å². The number of benzene rings is 1. The highest BCUT2D eigenvalue weighted by molar-refractivity contribution is 6.05. The lowest BCUT2D eigenvalue weighted by Gasteiger charge is -2.11. The first kappa shape index (κ1) is 19.1. The van der Waals surface area contributed by atoms with E-state index in [4.69, 9.17) is 0 Å². The number of hydrogen-bond acceptors (Lipinski definition) is 4. The van der Waals surface area contributed by atoms with E-state index in [2.05, 4.69) is 20.9 Å². The highest BCUT2D eigenvalue weighted by Crippen LogP contribution is 2.15. The monoisotopic (exact) mass is 354 g/mol. The van der Waals surface area contributed by atoms with Gasteiger partial charge in [-0.05, 0) is 49.7 Å². The molecule has 1 aromatic heterocycles. The summed E-state index contributed by atoms with van der Waals surface area (Å²) < 4.78 is 0. The summed E-state index contributed by atoms with van der Waals surface area (Å²) >= 11 is 0. The molecule has 3 amide bonds. The van der Waals surface area contributed by atoms with Crippen LogP contribution in [0.15, 0.2) is 42.6 Å². The molecule has 1 atom stereocenters. The third kappa shape index (κ3) is 5.41. The minimum absolute atomic E-state index is 0.0314. The van der Waals surface area contributed by atoms with Crippen molar-refractivity contribution < 1.29 is 14.4 Å². The number of carbonyl (C=O) groups is 3. The number of amides is 3. The number of nitrogens with one attached hydrogen (secondary N) is 3. The van der Waals surface area contributed by atoms with Gasteiger partial charge in [-0.15, -0.1) is 0 Å². The molecule has 3 N–H and O–H groups in total. The topological polar surface area (TPSA) is 100 Å². The molecule has 0 aliphatic heterocycles. The van der Waals surface area contributed by atoms with Gasteiger partial charge < -0.3 is 16.0 Å². The normalized spacial score (nSPS) is 11.3. The molecule has 0 saturated carbocycles. The first-order valence-corrected chi connectivity index (χ1v) is 8.35. The van der Waals surface area contributed by atoms with Gasteiger partial charge in [0.25, 0.3) is 11.8 Å². The van der Waals surface area contributed by atoms with Gasteiger partial charge in [-0.2, -0.15) is 0 Å². The maximum absolute atomic E-state index is 12.4. The number of rotatable bonds is 6. The Balaban J connectivity index is 2.06. The van der Waals surface area contributed by atoms with Crippen molar-refractivity contribution in [1.82, 2.24) is 10.3 Å². The summed E-state index contributed by atoms with van der Waals surface area (Å²) in [6.07, 6.45) is 2.24. The lowest BCUT2D eigenvalue weighted by molar-refractivity contribution is -0.114. The van der Waals surface area contributed by atoms with E-state index in [0.717, 1.165) is 6.42 Å². The van der Waals surface area contributed by atoms with Crippen molar-refractivity contribution in [3.8, 4) is 0 Å². The van der Waals surface area contributed by atoms with E-state index in [1.165, 1.54) is 19.2 Å². The molecule has 1 heterocycles. The number of anilines is 2. The van der Waals surface area contributed by atoms with E-state index >= 15 is 0 Å².